The van der Waals surface area contributed by atoms with Crippen molar-refractivity contribution in [2.24, 2.45) is 0 Å². The van der Waals surface area contributed by atoms with E-state index in [1.54, 1.807) is 12.3 Å². The van der Waals surface area contributed by atoms with Crippen LogP contribution >= 0.6 is 0 Å². The summed E-state index contributed by atoms with van der Waals surface area (Å²) in [6, 6.07) is 12.0. The normalized spacial score (nSPS) is 11.9. The highest BCUT2D eigenvalue weighted by atomic mass is 16.2. The third kappa shape index (κ3) is 5.08. The van der Waals surface area contributed by atoms with Gasteiger partial charge in [-0.15, -0.1) is 0 Å². The fraction of sp³-hybridized carbons (Fsp3) is 0.400. The highest BCUT2D eigenvalue weighted by Gasteiger charge is 2.16. The molecule has 1 aromatic carbocycles. The van der Waals surface area contributed by atoms with Gasteiger partial charge in [-0.1, -0.05) is 32.9 Å². The molecule has 4 nitrogen and oxygen atoms in total. The second-order valence-electron chi connectivity index (χ2n) is 8.09. The van der Waals surface area contributed by atoms with Crippen LogP contribution in [0.1, 0.15) is 57.6 Å². The third-order valence-electron chi connectivity index (χ3n) is 3.52. The SMILES string of the molecule is CC(C)(C)NC(=O)c1cc(Nc2ccc(C(C)(C)C)cc2)ccn1. The number of hydrogen-bond acceptors (Lipinski definition) is 3. The predicted octanol–water partition coefficient (Wildman–Crippen LogP) is 4.65. The summed E-state index contributed by atoms with van der Waals surface area (Å²) < 4.78 is 0. The van der Waals surface area contributed by atoms with Crippen LogP contribution in [0.3, 0.4) is 0 Å². The first-order valence-electron chi connectivity index (χ1n) is 8.21. The smallest absolute Gasteiger partial charge is 0.270 e. The Hall–Kier alpha value is -2.36. The standard InChI is InChI=1S/C20H27N3O/c1-19(2,3)14-7-9-15(10-8-14)22-16-11-12-21-17(13-16)18(24)23-20(4,5)6/h7-13H,1-6H3,(H,21,22)(H,23,24). The van der Waals surface area contributed by atoms with E-state index in [2.05, 4.69) is 60.7 Å². The molecule has 0 aliphatic heterocycles. The van der Waals surface area contributed by atoms with Crippen LogP contribution in [0.5, 0.6) is 0 Å². The Labute approximate surface area is 144 Å². The summed E-state index contributed by atoms with van der Waals surface area (Å²) >= 11 is 0. The van der Waals surface area contributed by atoms with Crippen LogP contribution in [0.2, 0.25) is 0 Å². The number of hydrogen-bond donors (Lipinski definition) is 2. The summed E-state index contributed by atoms with van der Waals surface area (Å²) in [5, 5.41) is 6.24. The van der Waals surface area contributed by atoms with Crippen LogP contribution in [0.25, 0.3) is 0 Å². The first-order valence-corrected chi connectivity index (χ1v) is 8.21. The second-order valence-corrected chi connectivity index (χ2v) is 8.09. The molecule has 0 saturated heterocycles. The first kappa shape index (κ1) is 18.0. The number of nitrogens with zero attached hydrogens (tertiary/aromatic N) is 1. The van der Waals surface area contributed by atoms with Crippen molar-refractivity contribution in [3.63, 3.8) is 0 Å². The molecule has 128 valence electrons. The Kier molecular flexibility index (Phi) is 4.97. The minimum absolute atomic E-state index is 0.132. The van der Waals surface area contributed by atoms with Crippen molar-refractivity contribution >= 4 is 17.3 Å². The van der Waals surface area contributed by atoms with Gasteiger partial charge in [0.25, 0.3) is 5.91 Å². The Morgan fingerprint density at radius 1 is 0.917 bits per heavy atom. The Morgan fingerprint density at radius 2 is 1.54 bits per heavy atom. The monoisotopic (exact) mass is 325 g/mol. The average Bonchev–Trinajstić information content (AvgIpc) is 2.45. The van der Waals surface area contributed by atoms with E-state index in [0.29, 0.717) is 5.69 Å². The molecule has 1 amide bonds. The van der Waals surface area contributed by atoms with Gasteiger partial charge in [0.2, 0.25) is 0 Å². The summed E-state index contributed by atoms with van der Waals surface area (Å²) in [6.07, 6.45) is 1.64. The highest BCUT2D eigenvalue weighted by molar-refractivity contribution is 5.93. The molecule has 0 radical (unpaired) electrons. The number of anilines is 2. The lowest BCUT2D eigenvalue weighted by molar-refractivity contribution is 0.0914. The topological polar surface area (TPSA) is 54.0 Å². The first-order chi connectivity index (χ1) is 11.0. The van der Waals surface area contributed by atoms with Crippen molar-refractivity contribution in [3.05, 3.63) is 53.9 Å². The van der Waals surface area contributed by atoms with E-state index in [0.717, 1.165) is 11.4 Å². The molecule has 0 fully saturated rings. The maximum atomic E-state index is 12.2. The van der Waals surface area contributed by atoms with Gasteiger partial charge in [-0.25, -0.2) is 0 Å². The van der Waals surface area contributed by atoms with Crippen molar-refractivity contribution in [1.29, 1.82) is 0 Å². The number of carbonyl (C=O) groups is 1. The summed E-state index contributed by atoms with van der Waals surface area (Å²) in [6.45, 7) is 12.4. The molecule has 0 atom stereocenters. The lowest BCUT2D eigenvalue weighted by atomic mass is 9.87. The average molecular weight is 325 g/mol. The van der Waals surface area contributed by atoms with Crippen molar-refractivity contribution in [2.75, 3.05) is 5.32 Å². The van der Waals surface area contributed by atoms with Crippen LogP contribution in [0.4, 0.5) is 11.4 Å². The van der Waals surface area contributed by atoms with E-state index in [1.165, 1.54) is 5.56 Å². The largest absolute Gasteiger partial charge is 0.355 e. The van der Waals surface area contributed by atoms with Crippen molar-refractivity contribution in [1.82, 2.24) is 10.3 Å². The molecule has 0 bridgehead atoms. The molecule has 1 aromatic heterocycles. The zero-order valence-electron chi connectivity index (χ0n) is 15.4. The Morgan fingerprint density at radius 3 is 2.08 bits per heavy atom. The van der Waals surface area contributed by atoms with Gasteiger partial charge in [-0.3, -0.25) is 9.78 Å². The molecule has 2 N–H and O–H groups in total. The lowest BCUT2D eigenvalue weighted by Crippen LogP contribution is -2.40. The molecule has 0 aliphatic carbocycles. The molecule has 1 heterocycles. The number of nitrogens with one attached hydrogen (secondary N) is 2. The molecule has 2 rings (SSSR count). The van der Waals surface area contributed by atoms with Crippen LogP contribution in [-0.4, -0.2) is 16.4 Å². The van der Waals surface area contributed by atoms with Gasteiger partial charge < -0.3 is 10.6 Å². The number of pyridine rings is 1. The van der Waals surface area contributed by atoms with Gasteiger partial charge in [0.05, 0.1) is 0 Å². The van der Waals surface area contributed by atoms with Gasteiger partial charge in [0, 0.05) is 23.1 Å². The Bertz CT molecular complexity index is 707. The number of amides is 1. The maximum Gasteiger partial charge on any atom is 0.270 e. The molecule has 0 unspecified atom stereocenters. The number of rotatable bonds is 3. The lowest BCUT2D eigenvalue weighted by Gasteiger charge is -2.20. The van der Waals surface area contributed by atoms with E-state index < -0.39 is 0 Å². The fourth-order valence-corrected chi connectivity index (χ4v) is 2.26. The Balaban J connectivity index is 2.13. The minimum Gasteiger partial charge on any atom is -0.355 e. The number of aromatic nitrogens is 1. The van der Waals surface area contributed by atoms with Crippen LogP contribution in [0.15, 0.2) is 42.6 Å². The zero-order valence-corrected chi connectivity index (χ0v) is 15.4. The molecule has 2 aromatic rings. The number of benzene rings is 1. The van der Waals surface area contributed by atoms with Crippen LogP contribution < -0.4 is 10.6 Å². The zero-order chi connectivity index (χ0) is 18.0. The summed E-state index contributed by atoms with van der Waals surface area (Å²) in [5.74, 6) is -0.172. The third-order valence-corrected chi connectivity index (χ3v) is 3.52. The molecule has 0 spiro atoms. The van der Waals surface area contributed by atoms with Gasteiger partial charge in [-0.2, -0.15) is 0 Å². The van der Waals surface area contributed by atoms with Gasteiger partial charge in [-0.05, 0) is 56.0 Å². The van der Waals surface area contributed by atoms with Crippen LogP contribution in [0, 0.1) is 0 Å². The summed E-state index contributed by atoms with van der Waals surface area (Å²) in [7, 11) is 0. The number of carbonyl (C=O) groups excluding carboxylic acids is 1. The molecule has 24 heavy (non-hydrogen) atoms. The van der Waals surface area contributed by atoms with E-state index in [9.17, 15) is 4.79 Å². The molecule has 0 aliphatic rings. The van der Waals surface area contributed by atoms with Crippen LogP contribution in [-0.2, 0) is 5.41 Å². The summed E-state index contributed by atoms with van der Waals surface area (Å²) in [5.41, 5.74) is 3.36. The fourth-order valence-electron chi connectivity index (χ4n) is 2.26. The van der Waals surface area contributed by atoms with Gasteiger partial charge in [0.1, 0.15) is 5.69 Å². The van der Waals surface area contributed by atoms with Crippen molar-refractivity contribution in [3.8, 4) is 0 Å². The quantitative estimate of drug-likeness (QED) is 0.863. The molecular formula is C20H27N3O. The predicted molar refractivity (Wildman–Crippen MR) is 99.9 cm³/mol. The van der Waals surface area contributed by atoms with Crippen molar-refractivity contribution in [2.45, 2.75) is 52.5 Å². The molecular weight excluding hydrogens is 298 g/mol. The van der Waals surface area contributed by atoms with E-state index in [-0.39, 0.29) is 16.9 Å². The van der Waals surface area contributed by atoms with E-state index in [1.807, 2.05) is 26.8 Å². The minimum atomic E-state index is -0.287. The van der Waals surface area contributed by atoms with Gasteiger partial charge >= 0.3 is 0 Å². The van der Waals surface area contributed by atoms with Gasteiger partial charge in [0.15, 0.2) is 0 Å². The van der Waals surface area contributed by atoms with Crippen molar-refractivity contribution < 1.29 is 4.79 Å². The van der Waals surface area contributed by atoms with E-state index >= 15 is 0 Å². The second kappa shape index (κ2) is 6.63. The highest BCUT2D eigenvalue weighted by Crippen LogP contribution is 2.25. The molecule has 0 saturated carbocycles. The maximum absolute atomic E-state index is 12.2. The van der Waals surface area contributed by atoms with E-state index in [4.69, 9.17) is 0 Å². The molecule has 4 heteroatoms. The summed E-state index contributed by atoms with van der Waals surface area (Å²) in [4.78, 5) is 16.4.